The Morgan fingerprint density at radius 2 is 2.25 bits per heavy atom. The van der Waals surface area contributed by atoms with Crippen molar-refractivity contribution in [2.75, 3.05) is 6.61 Å². The van der Waals surface area contributed by atoms with Gasteiger partial charge in [0, 0.05) is 12.5 Å². The van der Waals surface area contributed by atoms with Gasteiger partial charge in [0.05, 0.1) is 18.1 Å². The highest BCUT2D eigenvalue weighted by Gasteiger charge is 2.53. The second-order valence-electron chi connectivity index (χ2n) is 4.54. The summed E-state index contributed by atoms with van der Waals surface area (Å²) in [5.74, 6) is -0.872. The summed E-state index contributed by atoms with van der Waals surface area (Å²) in [6, 6.07) is 0. The van der Waals surface area contributed by atoms with Gasteiger partial charge in [0.15, 0.2) is 0 Å². The molecule has 2 rings (SSSR count). The standard InChI is InChI=1S/C12H18O4/c13-7-3-1-2-4-9(12(14)15)8-5-6-10-11(8)16-10/h1-2,8-11,13H,3-7H2,(H,14,15)/b2-1-/t8-,9?,10+,11-/m0/s1. The molecule has 0 amide bonds. The lowest BCUT2D eigenvalue weighted by Crippen LogP contribution is -2.25. The Bertz CT molecular complexity index is 287. The van der Waals surface area contributed by atoms with Gasteiger partial charge >= 0.3 is 5.97 Å². The monoisotopic (exact) mass is 226 g/mol. The number of carboxylic acids is 1. The number of rotatable bonds is 6. The van der Waals surface area contributed by atoms with Crippen molar-refractivity contribution < 1.29 is 19.7 Å². The van der Waals surface area contributed by atoms with Crippen molar-refractivity contribution in [2.45, 2.75) is 37.9 Å². The number of aliphatic carboxylic acids is 1. The van der Waals surface area contributed by atoms with E-state index in [1.54, 1.807) is 0 Å². The molecule has 0 spiro atoms. The van der Waals surface area contributed by atoms with Crippen LogP contribution in [0.4, 0.5) is 0 Å². The molecule has 1 aliphatic carbocycles. The first kappa shape index (κ1) is 11.6. The van der Waals surface area contributed by atoms with Gasteiger partial charge < -0.3 is 14.9 Å². The molecule has 1 saturated heterocycles. The number of hydrogen-bond acceptors (Lipinski definition) is 3. The van der Waals surface area contributed by atoms with Crippen LogP contribution in [0.15, 0.2) is 12.2 Å². The van der Waals surface area contributed by atoms with Crippen LogP contribution in [0.3, 0.4) is 0 Å². The maximum atomic E-state index is 11.2. The van der Waals surface area contributed by atoms with Crippen LogP contribution in [-0.2, 0) is 9.53 Å². The second kappa shape index (κ2) is 4.97. The molecule has 2 fully saturated rings. The lowest BCUT2D eigenvalue weighted by molar-refractivity contribution is -0.144. The fraction of sp³-hybridized carbons (Fsp3) is 0.750. The summed E-state index contributed by atoms with van der Waals surface area (Å²) in [4.78, 5) is 11.2. The second-order valence-corrected chi connectivity index (χ2v) is 4.54. The number of aliphatic hydroxyl groups excluding tert-OH is 1. The van der Waals surface area contributed by atoms with Crippen molar-refractivity contribution in [2.24, 2.45) is 11.8 Å². The lowest BCUT2D eigenvalue weighted by Gasteiger charge is -2.18. The number of hydrogen-bond donors (Lipinski definition) is 2. The summed E-state index contributed by atoms with van der Waals surface area (Å²) in [5.41, 5.74) is 0. The maximum absolute atomic E-state index is 11.2. The van der Waals surface area contributed by atoms with Gasteiger partial charge in [0.2, 0.25) is 0 Å². The molecular formula is C12H18O4. The molecule has 1 unspecified atom stereocenters. The van der Waals surface area contributed by atoms with Crippen LogP contribution in [0, 0.1) is 11.8 Å². The van der Waals surface area contributed by atoms with Crippen LogP contribution < -0.4 is 0 Å². The van der Waals surface area contributed by atoms with E-state index in [0.717, 1.165) is 12.8 Å². The van der Waals surface area contributed by atoms with E-state index in [9.17, 15) is 9.90 Å². The lowest BCUT2D eigenvalue weighted by atomic mass is 9.87. The largest absolute Gasteiger partial charge is 0.481 e. The minimum atomic E-state index is -0.727. The molecule has 4 heteroatoms. The third-order valence-corrected chi connectivity index (χ3v) is 3.51. The molecule has 0 bridgehead atoms. The number of carbonyl (C=O) groups is 1. The topological polar surface area (TPSA) is 70.1 Å². The Labute approximate surface area is 94.9 Å². The Morgan fingerprint density at radius 3 is 2.75 bits per heavy atom. The highest BCUT2D eigenvalue weighted by Crippen LogP contribution is 2.47. The van der Waals surface area contributed by atoms with Gasteiger partial charge in [-0.25, -0.2) is 0 Å². The van der Waals surface area contributed by atoms with Crippen molar-refractivity contribution in [3.8, 4) is 0 Å². The maximum Gasteiger partial charge on any atom is 0.307 e. The Balaban J connectivity index is 1.87. The zero-order valence-corrected chi connectivity index (χ0v) is 9.21. The quantitative estimate of drug-likeness (QED) is 0.527. The first-order valence-electron chi connectivity index (χ1n) is 5.88. The minimum absolute atomic E-state index is 0.117. The van der Waals surface area contributed by atoms with Crippen LogP contribution in [0.1, 0.15) is 25.7 Å². The van der Waals surface area contributed by atoms with Gasteiger partial charge in [-0.1, -0.05) is 12.2 Å². The van der Waals surface area contributed by atoms with E-state index < -0.39 is 5.97 Å². The average molecular weight is 226 g/mol. The number of epoxide rings is 1. The van der Waals surface area contributed by atoms with E-state index in [0.29, 0.717) is 18.9 Å². The van der Waals surface area contributed by atoms with Crippen LogP contribution in [-0.4, -0.2) is 35.0 Å². The molecule has 0 radical (unpaired) electrons. The molecule has 1 heterocycles. The molecule has 0 aromatic heterocycles. The van der Waals surface area contributed by atoms with Crippen LogP contribution >= 0.6 is 0 Å². The molecule has 2 N–H and O–H groups in total. The molecule has 0 aromatic carbocycles. The van der Waals surface area contributed by atoms with Gasteiger partial charge in [-0.15, -0.1) is 0 Å². The van der Waals surface area contributed by atoms with E-state index in [1.165, 1.54) is 0 Å². The molecule has 2 aliphatic rings. The van der Waals surface area contributed by atoms with E-state index in [-0.39, 0.29) is 24.5 Å². The Hall–Kier alpha value is -0.870. The van der Waals surface area contributed by atoms with Gasteiger partial charge in [-0.05, 0) is 25.7 Å². The highest BCUT2D eigenvalue weighted by molar-refractivity contribution is 5.71. The van der Waals surface area contributed by atoms with Crippen LogP contribution in [0.5, 0.6) is 0 Å². The first-order valence-corrected chi connectivity index (χ1v) is 5.88. The van der Waals surface area contributed by atoms with E-state index in [2.05, 4.69) is 0 Å². The van der Waals surface area contributed by atoms with Crippen molar-refractivity contribution in [3.05, 3.63) is 12.2 Å². The van der Waals surface area contributed by atoms with Crippen molar-refractivity contribution in [1.29, 1.82) is 0 Å². The molecule has 0 aromatic rings. The zero-order valence-electron chi connectivity index (χ0n) is 9.21. The minimum Gasteiger partial charge on any atom is -0.481 e. The molecule has 4 atom stereocenters. The number of carboxylic acid groups (broad SMARTS) is 1. The normalized spacial score (nSPS) is 33.9. The molecular weight excluding hydrogens is 208 g/mol. The number of aliphatic hydroxyl groups is 1. The first-order chi connectivity index (χ1) is 7.74. The van der Waals surface area contributed by atoms with Gasteiger partial charge in [0.25, 0.3) is 0 Å². The molecule has 1 aliphatic heterocycles. The predicted octanol–water partition coefficient (Wildman–Crippen LogP) is 1.19. The fourth-order valence-electron chi connectivity index (χ4n) is 2.61. The summed E-state index contributed by atoms with van der Waals surface area (Å²) >= 11 is 0. The SMILES string of the molecule is O=C(O)C(C/C=C\CCO)[C@@H]1CC[C@H]2O[C@H]21. The highest BCUT2D eigenvalue weighted by atomic mass is 16.6. The molecule has 90 valence electrons. The van der Waals surface area contributed by atoms with Crippen molar-refractivity contribution in [1.82, 2.24) is 0 Å². The fourth-order valence-corrected chi connectivity index (χ4v) is 2.61. The van der Waals surface area contributed by atoms with Gasteiger partial charge in [0.1, 0.15) is 0 Å². The number of allylic oxidation sites excluding steroid dienone is 1. The third-order valence-electron chi connectivity index (χ3n) is 3.51. The Kier molecular flexibility index (Phi) is 3.61. The zero-order chi connectivity index (χ0) is 11.5. The summed E-state index contributed by atoms with van der Waals surface area (Å²) in [5, 5.41) is 17.8. The summed E-state index contributed by atoms with van der Waals surface area (Å²) in [7, 11) is 0. The van der Waals surface area contributed by atoms with Gasteiger partial charge in [-0.3, -0.25) is 4.79 Å². The van der Waals surface area contributed by atoms with Crippen molar-refractivity contribution in [3.63, 3.8) is 0 Å². The van der Waals surface area contributed by atoms with E-state index >= 15 is 0 Å². The molecule has 1 saturated carbocycles. The van der Waals surface area contributed by atoms with Crippen LogP contribution in [0.25, 0.3) is 0 Å². The average Bonchev–Trinajstić information content (AvgIpc) is 2.92. The molecule has 4 nitrogen and oxygen atoms in total. The Morgan fingerprint density at radius 1 is 1.44 bits per heavy atom. The van der Waals surface area contributed by atoms with E-state index in [1.807, 2.05) is 12.2 Å². The smallest absolute Gasteiger partial charge is 0.307 e. The van der Waals surface area contributed by atoms with E-state index in [4.69, 9.17) is 9.84 Å². The molecule has 16 heavy (non-hydrogen) atoms. The number of fused-ring (bicyclic) bond motifs is 1. The summed E-state index contributed by atoms with van der Waals surface area (Å²) < 4.78 is 5.40. The van der Waals surface area contributed by atoms with Crippen molar-refractivity contribution >= 4 is 5.97 Å². The summed E-state index contributed by atoms with van der Waals surface area (Å²) in [6.45, 7) is 0.117. The van der Waals surface area contributed by atoms with Crippen LogP contribution in [0.2, 0.25) is 0 Å². The summed E-state index contributed by atoms with van der Waals surface area (Å²) in [6.07, 6.45) is 7.38. The predicted molar refractivity (Wildman–Crippen MR) is 58.0 cm³/mol. The third kappa shape index (κ3) is 2.44. The van der Waals surface area contributed by atoms with Gasteiger partial charge in [-0.2, -0.15) is 0 Å². The number of ether oxygens (including phenoxy) is 1.